The SMILES string of the molecule is COc1ccc(S(=O)(=O)Nc2ccc(Nc3ccc(F)cc3)cn2)cc1C. The van der Waals surface area contributed by atoms with Crippen LogP contribution >= 0.6 is 0 Å². The summed E-state index contributed by atoms with van der Waals surface area (Å²) in [7, 11) is -2.24. The minimum Gasteiger partial charge on any atom is -0.496 e. The van der Waals surface area contributed by atoms with Gasteiger partial charge in [0.2, 0.25) is 0 Å². The number of pyridine rings is 1. The molecule has 0 saturated heterocycles. The number of methoxy groups -OCH3 is 1. The van der Waals surface area contributed by atoms with Crippen molar-refractivity contribution >= 4 is 27.2 Å². The minimum absolute atomic E-state index is 0.121. The van der Waals surface area contributed by atoms with Gasteiger partial charge in [-0.05, 0) is 67.1 Å². The fourth-order valence-corrected chi connectivity index (χ4v) is 3.54. The Bertz CT molecular complexity index is 1040. The maximum Gasteiger partial charge on any atom is 0.263 e. The van der Waals surface area contributed by atoms with Crippen LogP contribution in [0.15, 0.2) is 65.7 Å². The Morgan fingerprint density at radius 3 is 2.30 bits per heavy atom. The Morgan fingerprint density at radius 1 is 1.00 bits per heavy atom. The molecule has 0 amide bonds. The molecule has 0 aliphatic rings. The molecular weight excluding hydrogens is 369 g/mol. The van der Waals surface area contributed by atoms with Crippen molar-refractivity contribution in [3.8, 4) is 5.75 Å². The van der Waals surface area contributed by atoms with Crippen LogP contribution in [0.3, 0.4) is 0 Å². The molecule has 0 bridgehead atoms. The number of anilines is 3. The van der Waals surface area contributed by atoms with E-state index >= 15 is 0 Å². The highest BCUT2D eigenvalue weighted by Crippen LogP contribution is 2.23. The highest BCUT2D eigenvalue weighted by atomic mass is 32.2. The van der Waals surface area contributed by atoms with Crippen LogP contribution in [-0.4, -0.2) is 20.5 Å². The lowest BCUT2D eigenvalue weighted by Crippen LogP contribution is -2.14. The number of nitrogens with zero attached hydrogens (tertiary/aromatic N) is 1. The first kappa shape index (κ1) is 18.7. The predicted molar refractivity (Wildman–Crippen MR) is 102 cm³/mol. The van der Waals surface area contributed by atoms with E-state index in [-0.39, 0.29) is 16.5 Å². The Kier molecular flexibility index (Phi) is 5.27. The zero-order chi connectivity index (χ0) is 19.4. The summed E-state index contributed by atoms with van der Waals surface area (Å²) >= 11 is 0. The fourth-order valence-electron chi connectivity index (χ4n) is 2.44. The first-order chi connectivity index (χ1) is 12.9. The van der Waals surface area contributed by atoms with Gasteiger partial charge in [-0.25, -0.2) is 17.8 Å². The molecule has 0 atom stereocenters. The van der Waals surface area contributed by atoms with Gasteiger partial charge in [0.05, 0.1) is 23.9 Å². The van der Waals surface area contributed by atoms with Crippen LogP contribution in [-0.2, 0) is 10.0 Å². The summed E-state index contributed by atoms with van der Waals surface area (Å²) in [6.07, 6.45) is 1.49. The topological polar surface area (TPSA) is 80.3 Å². The smallest absolute Gasteiger partial charge is 0.263 e. The standard InChI is InChI=1S/C19H18FN3O3S/c1-13-11-17(8-9-18(13)26-2)27(24,25)23-19-10-7-16(12-21-19)22-15-5-3-14(20)4-6-15/h3-12,22H,1-2H3,(H,21,23). The molecule has 0 aliphatic heterocycles. The zero-order valence-electron chi connectivity index (χ0n) is 14.7. The monoisotopic (exact) mass is 387 g/mol. The number of sulfonamides is 1. The van der Waals surface area contributed by atoms with Gasteiger partial charge in [0, 0.05) is 5.69 Å². The first-order valence-corrected chi connectivity index (χ1v) is 9.52. The average Bonchev–Trinajstić information content (AvgIpc) is 2.65. The van der Waals surface area contributed by atoms with Crippen LogP contribution < -0.4 is 14.8 Å². The molecule has 6 nitrogen and oxygen atoms in total. The molecule has 140 valence electrons. The van der Waals surface area contributed by atoms with Gasteiger partial charge in [0.1, 0.15) is 17.4 Å². The van der Waals surface area contributed by atoms with Gasteiger partial charge in [-0.15, -0.1) is 0 Å². The number of rotatable bonds is 6. The van der Waals surface area contributed by atoms with Gasteiger partial charge < -0.3 is 10.1 Å². The number of halogens is 1. The van der Waals surface area contributed by atoms with E-state index in [2.05, 4.69) is 15.0 Å². The van der Waals surface area contributed by atoms with Crippen molar-refractivity contribution in [2.24, 2.45) is 0 Å². The molecule has 0 saturated carbocycles. The fraction of sp³-hybridized carbons (Fsp3) is 0.105. The Balaban J connectivity index is 1.73. The molecule has 3 rings (SSSR count). The molecule has 27 heavy (non-hydrogen) atoms. The first-order valence-electron chi connectivity index (χ1n) is 8.03. The summed E-state index contributed by atoms with van der Waals surface area (Å²) in [6, 6.07) is 13.7. The van der Waals surface area contributed by atoms with Crippen LogP contribution in [0.4, 0.5) is 21.6 Å². The van der Waals surface area contributed by atoms with E-state index < -0.39 is 10.0 Å². The zero-order valence-corrected chi connectivity index (χ0v) is 15.5. The normalized spacial score (nSPS) is 11.1. The van der Waals surface area contributed by atoms with Crippen molar-refractivity contribution in [2.75, 3.05) is 17.1 Å². The third-order valence-electron chi connectivity index (χ3n) is 3.81. The van der Waals surface area contributed by atoms with Crippen molar-refractivity contribution in [1.82, 2.24) is 4.98 Å². The lowest BCUT2D eigenvalue weighted by atomic mass is 10.2. The number of aryl methyl sites for hydroxylation is 1. The molecule has 0 aliphatic carbocycles. The number of aromatic nitrogens is 1. The molecule has 0 radical (unpaired) electrons. The summed E-state index contributed by atoms with van der Waals surface area (Å²) in [5.74, 6) is 0.480. The van der Waals surface area contributed by atoms with Gasteiger partial charge in [-0.1, -0.05) is 0 Å². The van der Waals surface area contributed by atoms with Gasteiger partial charge in [-0.3, -0.25) is 4.72 Å². The van der Waals surface area contributed by atoms with E-state index in [1.807, 2.05) is 0 Å². The largest absolute Gasteiger partial charge is 0.496 e. The Labute approximate surface area is 157 Å². The third kappa shape index (κ3) is 4.53. The number of ether oxygens (including phenoxy) is 1. The molecule has 0 spiro atoms. The molecule has 1 aromatic heterocycles. The average molecular weight is 387 g/mol. The second-order valence-corrected chi connectivity index (χ2v) is 7.48. The van der Waals surface area contributed by atoms with E-state index in [1.165, 1.54) is 37.6 Å². The molecule has 2 aromatic carbocycles. The molecule has 1 heterocycles. The van der Waals surface area contributed by atoms with Gasteiger partial charge >= 0.3 is 0 Å². The second-order valence-electron chi connectivity index (χ2n) is 5.80. The minimum atomic E-state index is -3.77. The molecule has 2 N–H and O–H groups in total. The van der Waals surface area contributed by atoms with Crippen LogP contribution in [0.25, 0.3) is 0 Å². The molecule has 8 heteroatoms. The van der Waals surface area contributed by atoms with Crippen molar-refractivity contribution in [1.29, 1.82) is 0 Å². The Morgan fingerprint density at radius 2 is 1.70 bits per heavy atom. The van der Waals surface area contributed by atoms with E-state index in [0.717, 1.165) is 0 Å². The molecule has 0 unspecified atom stereocenters. The highest BCUT2D eigenvalue weighted by molar-refractivity contribution is 7.92. The van der Waals surface area contributed by atoms with E-state index in [0.29, 0.717) is 22.7 Å². The highest BCUT2D eigenvalue weighted by Gasteiger charge is 2.16. The van der Waals surface area contributed by atoms with Gasteiger partial charge in [-0.2, -0.15) is 0 Å². The van der Waals surface area contributed by atoms with Gasteiger partial charge in [0.15, 0.2) is 0 Å². The summed E-state index contributed by atoms with van der Waals surface area (Å²) in [4.78, 5) is 4.23. The summed E-state index contributed by atoms with van der Waals surface area (Å²) in [5.41, 5.74) is 2.05. The van der Waals surface area contributed by atoms with Crippen molar-refractivity contribution in [2.45, 2.75) is 11.8 Å². The summed E-state index contributed by atoms with van der Waals surface area (Å²) in [5, 5.41) is 3.05. The lowest BCUT2D eigenvalue weighted by molar-refractivity contribution is 0.411. The third-order valence-corrected chi connectivity index (χ3v) is 5.16. The number of nitrogens with one attached hydrogen (secondary N) is 2. The lowest BCUT2D eigenvalue weighted by Gasteiger charge is -2.11. The Hall–Kier alpha value is -3.13. The van der Waals surface area contributed by atoms with Crippen LogP contribution in [0.1, 0.15) is 5.56 Å². The van der Waals surface area contributed by atoms with Crippen LogP contribution in [0, 0.1) is 12.7 Å². The molecular formula is C19H18FN3O3S. The van der Waals surface area contributed by atoms with Crippen molar-refractivity contribution in [3.05, 3.63) is 72.2 Å². The maximum atomic E-state index is 12.9. The van der Waals surface area contributed by atoms with Crippen LogP contribution in [0.5, 0.6) is 5.75 Å². The van der Waals surface area contributed by atoms with E-state index in [9.17, 15) is 12.8 Å². The van der Waals surface area contributed by atoms with Crippen molar-refractivity contribution < 1.29 is 17.5 Å². The predicted octanol–water partition coefficient (Wildman–Crippen LogP) is 4.08. The van der Waals surface area contributed by atoms with Crippen molar-refractivity contribution in [3.63, 3.8) is 0 Å². The quantitative estimate of drug-likeness (QED) is 0.666. The second kappa shape index (κ2) is 7.63. The van der Waals surface area contributed by atoms with E-state index in [4.69, 9.17) is 4.74 Å². The van der Waals surface area contributed by atoms with Gasteiger partial charge in [0.25, 0.3) is 10.0 Å². The molecule has 3 aromatic rings. The number of benzene rings is 2. The summed E-state index contributed by atoms with van der Waals surface area (Å²) in [6.45, 7) is 1.77. The maximum absolute atomic E-state index is 12.9. The number of hydrogen-bond acceptors (Lipinski definition) is 5. The number of hydrogen-bond donors (Lipinski definition) is 2. The molecule has 0 fully saturated rings. The summed E-state index contributed by atoms with van der Waals surface area (Å²) < 4.78 is 45.6. The van der Waals surface area contributed by atoms with E-state index in [1.54, 1.807) is 37.3 Å². The van der Waals surface area contributed by atoms with Crippen LogP contribution in [0.2, 0.25) is 0 Å².